The Labute approximate surface area is 141 Å². The minimum absolute atomic E-state index is 0.240. The van der Waals surface area contributed by atoms with Crippen LogP contribution in [0, 0.1) is 0 Å². The minimum atomic E-state index is -0.289. The number of nitrogens with one attached hydrogen (secondary N) is 1. The molecule has 0 amide bonds. The zero-order valence-corrected chi connectivity index (χ0v) is 14.2. The number of hydrogen-bond acceptors (Lipinski definition) is 3. The molecule has 0 saturated heterocycles. The minimum Gasteiger partial charge on any atom is -0.449 e. The van der Waals surface area contributed by atoms with E-state index in [9.17, 15) is 4.79 Å². The van der Waals surface area contributed by atoms with E-state index in [0.717, 1.165) is 19.9 Å². The molecular formula is C16H8Br2N2O2. The Morgan fingerprint density at radius 2 is 1.91 bits per heavy atom. The molecule has 0 spiro atoms. The summed E-state index contributed by atoms with van der Waals surface area (Å²) < 4.78 is 7.40. The maximum absolute atomic E-state index is 12.3. The third-order valence-electron chi connectivity index (χ3n) is 3.41. The molecule has 0 aliphatic heterocycles. The molecule has 4 aromatic rings. The van der Waals surface area contributed by atoms with Crippen molar-refractivity contribution >= 4 is 53.9 Å². The topological polar surface area (TPSA) is 58.9 Å². The summed E-state index contributed by atoms with van der Waals surface area (Å²) in [5.41, 5.74) is 1.98. The summed E-state index contributed by atoms with van der Waals surface area (Å²) in [4.78, 5) is 19.7. The van der Waals surface area contributed by atoms with E-state index in [1.165, 1.54) is 0 Å². The highest BCUT2D eigenvalue weighted by Crippen LogP contribution is 2.30. The summed E-state index contributed by atoms with van der Waals surface area (Å²) in [6.45, 7) is 0. The lowest BCUT2D eigenvalue weighted by molar-refractivity contribution is 0.661. The lowest BCUT2D eigenvalue weighted by atomic mass is 10.2. The van der Waals surface area contributed by atoms with E-state index in [4.69, 9.17) is 4.42 Å². The molecule has 1 N–H and O–H groups in total. The van der Waals surface area contributed by atoms with Crippen LogP contribution >= 0.6 is 31.9 Å². The summed E-state index contributed by atoms with van der Waals surface area (Å²) in [6, 6.07) is 13.2. The molecule has 2 aromatic heterocycles. The van der Waals surface area contributed by atoms with E-state index in [2.05, 4.69) is 41.8 Å². The van der Waals surface area contributed by atoms with Gasteiger partial charge in [0.15, 0.2) is 0 Å². The Kier molecular flexibility index (Phi) is 3.16. The van der Waals surface area contributed by atoms with Gasteiger partial charge < -0.3 is 9.40 Å². The largest absolute Gasteiger partial charge is 0.449 e. The molecule has 0 aliphatic rings. The maximum Gasteiger partial charge on any atom is 0.294 e. The van der Waals surface area contributed by atoms with Crippen LogP contribution in [0.15, 0.2) is 60.6 Å². The van der Waals surface area contributed by atoms with Gasteiger partial charge in [0.1, 0.15) is 16.9 Å². The second kappa shape index (κ2) is 5.07. The standard InChI is InChI=1S/C16H8Br2N2O2/c17-8-5-6-12-10(7-8)13-14(22-12)16(21)20-15(19-13)9-3-1-2-4-11(9)18/h1-7H,(H,19,20,21). The molecule has 0 unspecified atom stereocenters. The van der Waals surface area contributed by atoms with E-state index in [1.54, 1.807) is 0 Å². The van der Waals surface area contributed by atoms with Gasteiger partial charge in [0.2, 0.25) is 5.58 Å². The maximum atomic E-state index is 12.3. The number of H-pyrrole nitrogens is 1. The van der Waals surface area contributed by atoms with Crippen LogP contribution in [0.5, 0.6) is 0 Å². The van der Waals surface area contributed by atoms with Gasteiger partial charge in [-0.2, -0.15) is 0 Å². The molecule has 0 atom stereocenters. The molecule has 0 radical (unpaired) electrons. The van der Waals surface area contributed by atoms with E-state index in [-0.39, 0.29) is 11.1 Å². The highest BCUT2D eigenvalue weighted by molar-refractivity contribution is 9.10. The van der Waals surface area contributed by atoms with Crippen molar-refractivity contribution in [2.75, 3.05) is 0 Å². The molecule has 108 valence electrons. The second-order valence-electron chi connectivity index (χ2n) is 4.81. The second-order valence-corrected chi connectivity index (χ2v) is 6.58. The van der Waals surface area contributed by atoms with Gasteiger partial charge in [-0.05, 0) is 24.3 Å². The van der Waals surface area contributed by atoms with E-state index in [0.29, 0.717) is 16.9 Å². The molecule has 4 rings (SSSR count). The van der Waals surface area contributed by atoms with Crippen molar-refractivity contribution < 1.29 is 4.42 Å². The number of furan rings is 1. The van der Waals surface area contributed by atoms with Crippen LogP contribution in [0.4, 0.5) is 0 Å². The molecule has 22 heavy (non-hydrogen) atoms. The summed E-state index contributed by atoms with van der Waals surface area (Å²) in [6.07, 6.45) is 0. The number of aromatic nitrogens is 2. The van der Waals surface area contributed by atoms with Crippen molar-refractivity contribution in [2.45, 2.75) is 0 Å². The Bertz CT molecular complexity index is 1080. The molecule has 0 saturated carbocycles. The summed E-state index contributed by atoms with van der Waals surface area (Å²) >= 11 is 6.91. The average molecular weight is 420 g/mol. The first-order chi connectivity index (χ1) is 10.6. The fraction of sp³-hybridized carbons (Fsp3) is 0. The zero-order valence-electron chi connectivity index (χ0n) is 11.1. The van der Waals surface area contributed by atoms with Crippen LogP contribution < -0.4 is 5.56 Å². The van der Waals surface area contributed by atoms with Gasteiger partial charge >= 0.3 is 0 Å². The van der Waals surface area contributed by atoms with Crippen molar-refractivity contribution in [3.8, 4) is 11.4 Å². The Morgan fingerprint density at radius 3 is 2.73 bits per heavy atom. The quantitative estimate of drug-likeness (QED) is 0.479. The first-order valence-corrected chi connectivity index (χ1v) is 8.09. The number of nitrogens with zero attached hydrogens (tertiary/aromatic N) is 1. The van der Waals surface area contributed by atoms with Crippen molar-refractivity contribution in [2.24, 2.45) is 0 Å². The van der Waals surface area contributed by atoms with Gasteiger partial charge in [-0.25, -0.2) is 4.98 Å². The summed E-state index contributed by atoms with van der Waals surface area (Å²) in [5.74, 6) is 0.507. The third kappa shape index (κ3) is 2.10. The number of fused-ring (bicyclic) bond motifs is 3. The monoisotopic (exact) mass is 418 g/mol. The molecule has 0 fully saturated rings. The fourth-order valence-electron chi connectivity index (χ4n) is 2.41. The first kappa shape index (κ1) is 13.7. The van der Waals surface area contributed by atoms with Gasteiger partial charge in [-0.1, -0.05) is 50.1 Å². The SMILES string of the molecule is O=c1[nH]c(-c2ccccc2Br)nc2c1oc1ccc(Br)cc12. The number of halogens is 2. The summed E-state index contributed by atoms with van der Waals surface area (Å²) in [7, 11) is 0. The highest BCUT2D eigenvalue weighted by Gasteiger charge is 2.15. The van der Waals surface area contributed by atoms with Crippen LogP contribution in [0.3, 0.4) is 0 Å². The van der Waals surface area contributed by atoms with Gasteiger partial charge in [0.25, 0.3) is 5.56 Å². The van der Waals surface area contributed by atoms with Gasteiger partial charge in [-0.3, -0.25) is 4.79 Å². The van der Waals surface area contributed by atoms with Crippen LogP contribution in [-0.2, 0) is 0 Å². The highest BCUT2D eigenvalue weighted by atomic mass is 79.9. The third-order valence-corrected chi connectivity index (χ3v) is 4.60. The lowest BCUT2D eigenvalue weighted by Crippen LogP contribution is -2.08. The van der Waals surface area contributed by atoms with E-state index in [1.807, 2.05) is 42.5 Å². The Balaban J connectivity index is 2.11. The predicted octanol–water partition coefficient (Wildman–Crippen LogP) is 4.86. The van der Waals surface area contributed by atoms with Crippen molar-refractivity contribution in [1.29, 1.82) is 0 Å². The van der Waals surface area contributed by atoms with E-state index >= 15 is 0 Å². The van der Waals surface area contributed by atoms with Crippen molar-refractivity contribution in [3.05, 3.63) is 61.8 Å². The van der Waals surface area contributed by atoms with Crippen molar-refractivity contribution in [3.63, 3.8) is 0 Å². The molecule has 0 bridgehead atoms. The summed E-state index contributed by atoms with van der Waals surface area (Å²) in [5, 5.41) is 0.809. The Morgan fingerprint density at radius 1 is 1.09 bits per heavy atom. The molecule has 2 heterocycles. The van der Waals surface area contributed by atoms with Gasteiger partial charge in [0.05, 0.1) is 0 Å². The molecule has 0 aliphatic carbocycles. The first-order valence-electron chi connectivity index (χ1n) is 6.50. The number of hydrogen-bond donors (Lipinski definition) is 1. The average Bonchev–Trinajstić information content (AvgIpc) is 2.86. The Hall–Kier alpha value is -1.92. The molecule has 4 nitrogen and oxygen atoms in total. The van der Waals surface area contributed by atoms with Crippen LogP contribution in [0.1, 0.15) is 0 Å². The lowest BCUT2D eigenvalue weighted by Gasteiger charge is -2.03. The predicted molar refractivity (Wildman–Crippen MR) is 93.0 cm³/mol. The number of benzene rings is 2. The molecule has 6 heteroatoms. The number of aromatic amines is 1. The van der Waals surface area contributed by atoms with Gasteiger partial charge in [0, 0.05) is 19.9 Å². The fourth-order valence-corrected chi connectivity index (χ4v) is 3.24. The zero-order chi connectivity index (χ0) is 15.3. The van der Waals surface area contributed by atoms with Crippen LogP contribution in [-0.4, -0.2) is 9.97 Å². The van der Waals surface area contributed by atoms with Gasteiger partial charge in [-0.15, -0.1) is 0 Å². The number of rotatable bonds is 1. The smallest absolute Gasteiger partial charge is 0.294 e. The normalized spacial score (nSPS) is 11.4. The molecule has 2 aromatic carbocycles. The van der Waals surface area contributed by atoms with Crippen molar-refractivity contribution in [1.82, 2.24) is 9.97 Å². The van der Waals surface area contributed by atoms with E-state index < -0.39 is 0 Å². The van der Waals surface area contributed by atoms with Crippen LogP contribution in [0.2, 0.25) is 0 Å². The van der Waals surface area contributed by atoms with Crippen LogP contribution in [0.25, 0.3) is 33.5 Å². The molecular weight excluding hydrogens is 412 g/mol.